The van der Waals surface area contributed by atoms with Crippen LogP contribution in [0.1, 0.15) is 213 Å². The Balaban J connectivity index is 4.16. The van der Waals surface area contributed by atoms with E-state index in [-0.39, 0.29) is 25.8 Å². The molecular weight excluding hydrogens is 697 g/mol. The van der Waals surface area contributed by atoms with Crippen LogP contribution in [0.25, 0.3) is 0 Å². The highest BCUT2D eigenvalue weighted by Crippen LogP contribution is 2.38. The number of quaternary nitrogens is 1. The first-order valence-electron chi connectivity index (χ1n) is 22.9. The Morgan fingerprint density at radius 2 is 0.963 bits per heavy atom. The maximum atomic E-state index is 12.7. The summed E-state index contributed by atoms with van der Waals surface area (Å²) in [7, 11) is 1.37. The highest BCUT2D eigenvalue weighted by atomic mass is 31.2. The molecule has 54 heavy (non-hydrogen) atoms. The van der Waals surface area contributed by atoms with Crippen LogP contribution in [-0.4, -0.2) is 70.7 Å². The molecule has 0 N–H and O–H groups in total. The summed E-state index contributed by atoms with van der Waals surface area (Å²) in [5.41, 5.74) is 0. The molecule has 0 bridgehead atoms. The number of hydrogen-bond donors (Lipinski definition) is 0. The van der Waals surface area contributed by atoms with Crippen LogP contribution in [0.5, 0.6) is 0 Å². The van der Waals surface area contributed by atoms with Gasteiger partial charge in [0.1, 0.15) is 19.3 Å². The molecule has 0 amide bonds. The van der Waals surface area contributed by atoms with E-state index in [2.05, 4.69) is 26.0 Å². The third-order valence-corrected chi connectivity index (χ3v) is 11.0. The lowest BCUT2D eigenvalue weighted by Crippen LogP contribution is -2.37. The van der Waals surface area contributed by atoms with Crippen molar-refractivity contribution in [1.82, 2.24) is 0 Å². The third kappa shape index (κ3) is 42.4. The van der Waals surface area contributed by atoms with Crippen LogP contribution in [0.2, 0.25) is 0 Å². The fraction of sp³-hybridized carbons (Fsp3) is 0.933. The van der Waals surface area contributed by atoms with Crippen LogP contribution in [0.4, 0.5) is 0 Å². The Morgan fingerprint density at radius 3 is 1.41 bits per heavy atom. The van der Waals surface area contributed by atoms with Crippen molar-refractivity contribution in [1.29, 1.82) is 0 Å². The van der Waals surface area contributed by atoms with Gasteiger partial charge in [0.2, 0.25) is 0 Å². The summed E-state index contributed by atoms with van der Waals surface area (Å²) < 4.78 is 34.6. The van der Waals surface area contributed by atoms with Gasteiger partial charge in [0.05, 0.1) is 34.4 Å². The number of carbonyl (C=O) groups is 1. The predicted octanol–water partition coefficient (Wildman–Crippen LogP) is 12.8. The second kappa shape index (κ2) is 39.1. The van der Waals surface area contributed by atoms with E-state index in [0.29, 0.717) is 24.1 Å². The van der Waals surface area contributed by atoms with Crippen LogP contribution in [-0.2, 0) is 27.9 Å². The molecule has 0 aromatic carbocycles. The van der Waals surface area contributed by atoms with Gasteiger partial charge >= 0.3 is 5.97 Å². The Labute approximate surface area is 335 Å². The SMILES string of the molecule is CCCCCCCCC/C=C\CCCCCCCCCCOCC(COP(=O)([O-])OCC[N+](C)(C)C)OC(=O)CCCCCCCCCCCCCCC. The summed E-state index contributed by atoms with van der Waals surface area (Å²) in [5, 5.41) is 0. The number of carbonyl (C=O) groups excluding carboxylic acids is 1. The maximum absolute atomic E-state index is 12.7. The molecule has 0 aliphatic rings. The lowest BCUT2D eigenvalue weighted by atomic mass is 10.0. The maximum Gasteiger partial charge on any atom is 0.306 e. The van der Waals surface area contributed by atoms with Crippen LogP contribution in [0.3, 0.4) is 0 Å². The molecule has 0 fully saturated rings. The van der Waals surface area contributed by atoms with Gasteiger partial charge in [-0.2, -0.15) is 0 Å². The fourth-order valence-corrected chi connectivity index (χ4v) is 7.21. The van der Waals surface area contributed by atoms with E-state index in [4.69, 9.17) is 18.5 Å². The van der Waals surface area contributed by atoms with Crippen molar-refractivity contribution in [2.24, 2.45) is 0 Å². The van der Waals surface area contributed by atoms with Gasteiger partial charge in [-0.1, -0.05) is 180 Å². The first-order valence-corrected chi connectivity index (χ1v) is 24.4. The summed E-state index contributed by atoms with van der Waals surface area (Å²) in [4.78, 5) is 25.0. The van der Waals surface area contributed by atoms with Crippen LogP contribution in [0.15, 0.2) is 12.2 Å². The van der Waals surface area contributed by atoms with Crippen molar-refractivity contribution in [2.45, 2.75) is 219 Å². The largest absolute Gasteiger partial charge is 0.756 e. The van der Waals surface area contributed by atoms with Crippen molar-refractivity contribution in [2.75, 3.05) is 54.1 Å². The van der Waals surface area contributed by atoms with Gasteiger partial charge in [-0.25, -0.2) is 0 Å². The lowest BCUT2D eigenvalue weighted by molar-refractivity contribution is -0.870. The summed E-state index contributed by atoms with van der Waals surface area (Å²) in [6.45, 7) is 5.44. The van der Waals surface area contributed by atoms with Crippen LogP contribution < -0.4 is 4.89 Å². The van der Waals surface area contributed by atoms with E-state index in [9.17, 15) is 14.3 Å². The molecule has 2 unspecified atom stereocenters. The van der Waals surface area contributed by atoms with Crippen molar-refractivity contribution < 1.29 is 37.3 Å². The van der Waals surface area contributed by atoms with Gasteiger partial charge in [-0.3, -0.25) is 9.36 Å². The molecule has 8 nitrogen and oxygen atoms in total. The molecular formula is C45H90NO7P. The average Bonchev–Trinajstić information content (AvgIpc) is 3.12. The molecule has 0 saturated heterocycles. The molecule has 0 aromatic heterocycles. The number of rotatable bonds is 43. The lowest BCUT2D eigenvalue weighted by Gasteiger charge is -2.28. The van der Waals surface area contributed by atoms with Crippen molar-refractivity contribution >= 4 is 13.8 Å². The molecule has 0 saturated carbocycles. The number of allylic oxidation sites excluding steroid dienone is 2. The summed E-state index contributed by atoms with van der Waals surface area (Å²) in [5.74, 6) is -0.332. The topological polar surface area (TPSA) is 94.1 Å². The zero-order valence-electron chi connectivity index (χ0n) is 36.4. The Kier molecular flexibility index (Phi) is 38.5. The molecule has 0 aliphatic carbocycles. The van der Waals surface area contributed by atoms with E-state index in [1.807, 2.05) is 21.1 Å². The molecule has 0 heterocycles. The van der Waals surface area contributed by atoms with Gasteiger partial charge in [0.25, 0.3) is 7.82 Å². The zero-order valence-corrected chi connectivity index (χ0v) is 37.3. The third-order valence-electron chi connectivity index (χ3n) is 10.1. The first-order chi connectivity index (χ1) is 26.1. The fourth-order valence-electron chi connectivity index (χ4n) is 6.48. The number of esters is 1. The Bertz CT molecular complexity index is 879. The number of phosphoric ester groups is 1. The number of nitrogens with zero attached hydrogens (tertiary/aromatic N) is 1. The van der Waals surface area contributed by atoms with Gasteiger partial charge < -0.3 is 27.9 Å². The summed E-state index contributed by atoms with van der Waals surface area (Å²) in [6, 6.07) is 0. The highest BCUT2D eigenvalue weighted by Gasteiger charge is 2.20. The van der Waals surface area contributed by atoms with E-state index in [1.54, 1.807) is 0 Å². The van der Waals surface area contributed by atoms with Crippen LogP contribution >= 0.6 is 7.82 Å². The number of hydrogen-bond acceptors (Lipinski definition) is 7. The predicted molar refractivity (Wildman–Crippen MR) is 227 cm³/mol. The van der Waals surface area contributed by atoms with E-state index < -0.39 is 13.9 Å². The van der Waals surface area contributed by atoms with Gasteiger partial charge in [0.15, 0.2) is 0 Å². The zero-order chi connectivity index (χ0) is 39.9. The van der Waals surface area contributed by atoms with Crippen molar-refractivity contribution in [3.8, 4) is 0 Å². The number of unbranched alkanes of at least 4 members (excludes halogenated alkanes) is 27. The van der Waals surface area contributed by atoms with Crippen molar-refractivity contribution in [3.05, 3.63) is 12.2 Å². The molecule has 0 spiro atoms. The second-order valence-electron chi connectivity index (χ2n) is 16.8. The molecule has 0 radical (unpaired) electrons. The van der Waals surface area contributed by atoms with E-state index in [0.717, 1.165) is 32.1 Å². The van der Waals surface area contributed by atoms with E-state index >= 15 is 0 Å². The number of phosphoric acid groups is 1. The molecule has 0 rings (SSSR count). The number of ether oxygens (including phenoxy) is 2. The van der Waals surface area contributed by atoms with Crippen LogP contribution in [0, 0.1) is 0 Å². The first kappa shape index (κ1) is 53.2. The number of likely N-dealkylation sites (N-methyl/N-ethyl adjacent to an activating group) is 1. The standard InChI is InChI=1S/C45H90NO7P/c1-6-8-10-12-14-16-18-20-21-22-23-24-25-27-29-31-33-35-37-40-50-42-44(43-52-54(48,49)51-41-39-46(3,4)5)53-45(47)38-36-34-32-30-28-26-19-17-15-13-11-9-7-2/h21-22,44H,6-20,23-43H2,1-5H3/b22-21-. The van der Waals surface area contributed by atoms with Gasteiger partial charge in [0, 0.05) is 13.0 Å². The van der Waals surface area contributed by atoms with Gasteiger partial charge in [-0.05, 0) is 38.5 Å². The minimum Gasteiger partial charge on any atom is -0.756 e. The Hall–Kier alpha value is -0.760. The normalized spacial score (nSPS) is 13.8. The highest BCUT2D eigenvalue weighted by molar-refractivity contribution is 7.45. The quantitative estimate of drug-likeness (QED) is 0.0200. The summed E-state index contributed by atoms with van der Waals surface area (Å²) >= 11 is 0. The molecule has 9 heteroatoms. The second-order valence-corrected chi connectivity index (χ2v) is 18.2. The minimum absolute atomic E-state index is 0.0288. The summed E-state index contributed by atoms with van der Waals surface area (Å²) in [6.07, 6.45) is 42.2. The minimum atomic E-state index is -4.52. The molecule has 322 valence electrons. The molecule has 0 aliphatic heterocycles. The van der Waals surface area contributed by atoms with Gasteiger partial charge in [-0.15, -0.1) is 0 Å². The van der Waals surface area contributed by atoms with E-state index in [1.165, 1.54) is 161 Å². The van der Waals surface area contributed by atoms with Crippen molar-refractivity contribution in [3.63, 3.8) is 0 Å². The monoisotopic (exact) mass is 788 g/mol. The molecule has 2 atom stereocenters. The smallest absolute Gasteiger partial charge is 0.306 e. The Morgan fingerprint density at radius 1 is 0.556 bits per heavy atom. The molecule has 0 aromatic rings. The average molecular weight is 788 g/mol.